The molecule has 0 aliphatic rings. The molecule has 17 heavy (non-hydrogen) atoms. The monoisotopic (exact) mass is 230 g/mol. The fourth-order valence-electron chi connectivity index (χ4n) is 1.82. The smallest absolute Gasteiger partial charge is 0.113 e. The van der Waals surface area contributed by atoms with Gasteiger partial charge in [-0.05, 0) is 37.7 Å². The summed E-state index contributed by atoms with van der Waals surface area (Å²) in [6.07, 6.45) is 9.56. The van der Waals surface area contributed by atoms with Crippen LogP contribution in [0.1, 0.15) is 17.8 Å². The number of nitrogens with one attached hydrogen (secondary N) is 1. The van der Waals surface area contributed by atoms with Crippen LogP contribution in [0.4, 0.5) is 0 Å². The van der Waals surface area contributed by atoms with E-state index in [2.05, 4.69) is 19.9 Å². The molecule has 2 rings (SSSR count). The molecule has 0 saturated heterocycles. The first-order chi connectivity index (χ1) is 8.40. The second-order valence-electron chi connectivity index (χ2n) is 4.03. The summed E-state index contributed by atoms with van der Waals surface area (Å²) in [7, 11) is 1.98. The standard InChI is InChI=1S/C13H18N4/c1-14-5-2-9-17-10-8-16-13(17)11-12-3-6-15-7-4-12/h3-4,6-8,10,14H,2,5,9,11H2,1H3. The van der Waals surface area contributed by atoms with Gasteiger partial charge in [0.05, 0.1) is 0 Å². The van der Waals surface area contributed by atoms with Gasteiger partial charge in [0.25, 0.3) is 0 Å². The highest BCUT2D eigenvalue weighted by atomic mass is 15.1. The molecule has 0 bridgehead atoms. The molecule has 4 heteroatoms. The van der Waals surface area contributed by atoms with Crippen LogP contribution in [0.3, 0.4) is 0 Å². The Bertz CT molecular complexity index is 436. The molecule has 0 aliphatic carbocycles. The van der Waals surface area contributed by atoms with Gasteiger partial charge in [0.15, 0.2) is 0 Å². The summed E-state index contributed by atoms with van der Waals surface area (Å²) in [5.41, 5.74) is 1.25. The lowest BCUT2D eigenvalue weighted by Gasteiger charge is -2.07. The first kappa shape index (κ1) is 11.8. The van der Waals surface area contributed by atoms with Gasteiger partial charge in [-0.25, -0.2) is 4.98 Å². The van der Waals surface area contributed by atoms with Crippen LogP contribution in [0.25, 0.3) is 0 Å². The number of rotatable bonds is 6. The molecule has 0 saturated carbocycles. The van der Waals surface area contributed by atoms with Crippen molar-refractivity contribution in [2.24, 2.45) is 0 Å². The van der Waals surface area contributed by atoms with Gasteiger partial charge in [-0.15, -0.1) is 0 Å². The minimum Gasteiger partial charge on any atom is -0.335 e. The van der Waals surface area contributed by atoms with Crippen LogP contribution >= 0.6 is 0 Å². The van der Waals surface area contributed by atoms with E-state index in [9.17, 15) is 0 Å². The number of aromatic nitrogens is 3. The van der Waals surface area contributed by atoms with Gasteiger partial charge >= 0.3 is 0 Å². The molecular formula is C13H18N4. The topological polar surface area (TPSA) is 42.7 Å². The van der Waals surface area contributed by atoms with E-state index in [0.717, 1.165) is 31.8 Å². The first-order valence-electron chi connectivity index (χ1n) is 5.93. The Balaban J connectivity index is 1.99. The van der Waals surface area contributed by atoms with Crippen molar-refractivity contribution in [2.75, 3.05) is 13.6 Å². The lowest BCUT2D eigenvalue weighted by atomic mass is 10.2. The summed E-state index contributed by atoms with van der Waals surface area (Å²) >= 11 is 0. The molecule has 90 valence electrons. The number of nitrogens with zero attached hydrogens (tertiary/aromatic N) is 3. The third-order valence-corrected chi connectivity index (χ3v) is 2.74. The highest BCUT2D eigenvalue weighted by molar-refractivity contribution is 5.15. The van der Waals surface area contributed by atoms with E-state index in [1.54, 1.807) is 0 Å². The minimum absolute atomic E-state index is 0.870. The van der Waals surface area contributed by atoms with Crippen molar-refractivity contribution < 1.29 is 0 Å². The molecule has 0 amide bonds. The molecule has 1 N–H and O–H groups in total. The van der Waals surface area contributed by atoms with Gasteiger partial charge in [-0.2, -0.15) is 0 Å². The Morgan fingerprint density at radius 3 is 2.82 bits per heavy atom. The van der Waals surface area contributed by atoms with Crippen molar-refractivity contribution in [1.29, 1.82) is 0 Å². The minimum atomic E-state index is 0.870. The zero-order chi connectivity index (χ0) is 11.9. The van der Waals surface area contributed by atoms with Gasteiger partial charge < -0.3 is 9.88 Å². The van der Waals surface area contributed by atoms with Gasteiger partial charge in [-0.1, -0.05) is 0 Å². The number of hydrogen-bond donors (Lipinski definition) is 1. The molecule has 0 atom stereocenters. The molecule has 0 aromatic carbocycles. The molecule has 0 spiro atoms. The quantitative estimate of drug-likeness (QED) is 0.764. The second-order valence-corrected chi connectivity index (χ2v) is 4.03. The fourth-order valence-corrected chi connectivity index (χ4v) is 1.82. The fraction of sp³-hybridized carbons (Fsp3) is 0.385. The molecule has 2 heterocycles. The summed E-state index contributed by atoms with van der Waals surface area (Å²) in [6.45, 7) is 2.05. The lowest BCUT2D eigenvalue weighted by Crippen LogP contribution is -2.12. The van der Waals surface area contributed by atoms with Crippen LogP contribution in [-0.2, 0) is 13.0 Å². The normalized spacial score (nSPS) is 10.6. The van der Waals surface area contributed by atoms with Crippen LogP contribution in [-0.4, -0.2) is 28.1 Å². The Labute approximate surface area is 102 Å². The number of aryl methyl sites for hydroxylation is 1. The highest BCUT2D eigenvalue weighted by Gasteiger charge is 2.03. The van der Waals surface area contributed by atoms with Crippen LogP contribution < -0.4 is 5.32 Å². The van der Waals surface area contributed by atoms with Gasteiger partial charge in [0.2, 0.25) is 0 Å². The Kier molecular flexibility index (Phi) is 4.27. The van der Waals surface area contributed by atoms with Crippen LogP contribution in [0, 0.1) is 0 Å². The van der Waals surface area contributed by atoms with Crippen LogP contribution in [0.15, 0.2) is 36.9 Å². The van der Waals surface area contributed by atoms with E-state index in [1.165, 1.54) is 5.56 Å². The number of pyridine rings is 1. The zero-order valence-corrected chi connectivity index (χ0v) is 10.1. The third-order valence-electron chi connectivity index (χ3n) is 2.74. The second kappa shape index (κ2) is 6.15. The summed E-state index contributed by atoms with van der Waals surface area (Å²) in [5, 5.41) is 3.16. The maximum Gasteiger partial charge on any atom is 0.113 e. The summed E-state index contributed by atoms with van der Waals surface area (Å²) < 4.78 is 2.22. The third kappa shape index (κ3) is 3.39. The van der Waals surface area contributed by atoms with E-state index < -0.39 is 0 Å². The number of imidazole rings is 1. The summed E-state index contributed by atoms with van der Waals surface area (Å²) in [6, 6.07) is 4.07. The van der Waals surface area contributed by atoms with Gasteiger partial charge in [0.1, 0.15) is 5.82 Å². The summed E-state index contributed by atoms with van der Waals surface area (Å²) in [5.74, 6) is 1.12. The molecular weight excluding hydrogens is 212 g/mol. The maximum absolute atomic E-state index is 4.41. The van der Waals surface area contributed by atoms with Crippen molar-refractivity contribution in [3.05, 3.63) is 48.3 Å². The Morgan fingerprint density at radius 1 is 1.24 bits per heavy atom. The van der Waals surface area contributed by atoms with Gasteiger partial charge in [-0.3, -0.25) is 4.98 Å². The van der Waals surface area contributed by atoms with E-state index in [4.69, 9.17) is 0 Å². The Morgan fingerprint density at radius 2 is 2.06 bits per heavy atom. The van der Waals surface area contributed by atoms with E-state index >= 15 is 0 Å². The molecule has 0 unspecified atom stereocenters. The highest BCUT2D eigenvalue weighted by Crippen LogP contribution is 2.07. The average Bonchev–Trinajstić information content (AvgIpc) is 2.79. The molecule has 0 radical (unpaired) electrons. The van der Waals surface area contributed by atoms with E-state index in [-0.39, 0.29) is 0 Å². The van der Waals surface area contributed by atoms with Crippen LogP contribution in [0.2, 0.25) is 0 Å². The summed E-state index contributed by atoms with van der Waals surface area (Å²) in [4.78, 5) is 8.43. The Hall–Kier alpha value is -1.68. The molecule has 4 nitrogen and oxygen atoms in total. The van der Waals surface area contributed by atoms with Crippen molar-refractivity contribution in [3.63, 3.8) is 0 Å². The van der Waals surface area contributed by atoms with Crippen LogP contribution in [0.5, 0.6) is 0 Å². The predicted molar refractivity (Wildman–Crippen MR) is 67.8 cm³/mol. The SMILES string of the molecule is CNCCCn1ccnc1Cc1ccncc1. The van der Waals surface area contributed by atoms with Crippen molar-refractivity contribution in [3.8, 4) is 0 Å². The van der Waals surface area contributed by atoms with Crippen molar-refractivity contribution in [2.45, 2.75) is 19.4 Å². The molecule has 0 fully saturated rings. The largest absolute Gasteiger partial charge is 0.335 e. The predicted octanol–water partition coefficient (Wildman–Crippen LogP) is 1.48. The molecule has 2 aromatic heterocycles. The van der Waals surface area contributed by atoms with Crippen molar-refractivity contribution >= 4 is 0 Å². The lowest BCUT2D eigenvalue weighted by molar-refractivity contribution is 0.594. The van der Waals surface area contributed by atoms with E-state index in [0.29, 0.717) is 0 Å². The van der Waals surface area contributed by atoms with E-state index in [1.807, 2.05) is 44.0 Å². The van der Waals surface area contributed by atoms with Crippen molar-refractivity contribution in [1.82, 2.24) is 19.9 Å². The average molecular weight is 230 g/mol. The number of hydrogen-bond acceptors (Lipinski definition) is 3. The maximum atomic E-state index is 4.41. The molecule has 2 aromatic rings. The molecule has 0 aliphatic heterocycles. The van der Waals surface area contributed by atoms with Gasteiger partial charge in [0, 0.05) is 37.8 Å². The zero-order valence-electron chi connectivity index (χ0n) is 10.1. The first-order valence-corrected chi connectivity index (χ1v) is 5.93.